The molecule has 4 heterocycles. The van der Waals surface area contributed by atoms with Crippen LogP contribution in [0.3, 0.4) is 0 Å². The Kier molecular flexibility index (Phi) is 5.73. The maximum absolute atomic E-state index is 9.74. The van der Waals surface area contributed by atoms with Crippen LogP contribution in [-0.2, 0) is 6.54 Å². The van der Waals surface area contributed by atoms with Crippen LogP contribution in [0, 0.1) is 30.1 Å². The highest BCUT2D eigenvalue weighted by Gasteiger charge is 2.14. The van der Waals surface area contributed by atoms with Crippen LogP contribution in [0.1, 0.15) is 27.4 Å². The smallest absolute Gasteiger partial charge is 0.126 e. The summed E-state index contributed by atoms with van der Waals surface area (Å²) >= 11 is 1.51. The lowest BCUT2D eigenvalue weighted by molar-refractivity contribution is 0.397. The highest BCUT2D eigenvalue weighted by atomic mass is 32.1. The predicted molar refractivity (Wildman–Crippen MR) is 138 cm³/mol. The molecule has 5 rings (SSSR count). The van der Waals surface area contributed by atoms with Gasteiger partial charge in [0.2, 0.25) is 0 Å². The molecule has 0 saturated heterocycles. The molecule has 34 heavy (non-hydrogen) atoms. The second-order valence-corrected chi connectivity index (χ2v) is 9.32. The lowest BCUT2D eigenvalue weighted by atomic mass is 10.1. The van der Waals surface area contributed by atoms with E-state index in [2.05, 4.69) is 56.1 Å². The summed E-state index contributed by atoms with van der Waals surface area (Å²) in [7, 11) is 4.03. The van der Waals surface area contributed by atoms with Crippen molar-refractivity contribution in [3.8, 4) is 17.9 Å². The molecule has 0 saturated carbocycles. The minimum absolute atomic E-state index is 0.497. The number of H-pyrrole nitrogens is 1. The zero-order chi connectivity index (χ0) is 23.7. The first-order valence-electron chi connectivity index (χ1n) is 10.8. The van der Waals surface area contributed by atoms with Crippen LogP contribution in [-0.4, -0.2) is 33.9 Å². The molecule has 7 heteroatoms. The molecule has 0 spiro atoms. The van der Waals surface area contributed by atoms with Crippen LogP contribution < -0.4 is 5.32 Å². The van der Waals surface area contributed by atoms with Gasteiger partial charge in [-0.1, -0.05) is 6.07 Å². The fraction of sp³-hybridized carbons (Fsp3) is 0.148. The number of aryl methyl sites for hydroxylation is 1. The Balaban J connectivity index is 1.52. The molecule has 0 amide bonds. The van der Waals surface area contributed by atoms with Crippen molar-refractivity contribution in [1.29, 1.82) is 5.26 Å². The van der Waals surface area contributed by atoms with Gasteiger partial charge in [0.25, 0.3) is 0 Å². The molecule has 5 aromatic rings. The number of aromatic amines is 1. The number of fused-ring (bicyclic) bond motifs is 2. The number of hydrogen-bond acceptors (Lipinski definition) is 6. The molecular weight excluding hydrogens is 440 g/mol. The first kappa shape index (κ1) is 21.7. The Morgan fingerprint density at radius 2 is 2.00 bits per heavy atom. The van der Waals surface area contributed by atoms with Gasteiger partial charge in [-0.05, 0) is 74.8 Å². The second-order valence-electron chi connectivity index (χ2n) is 8.29. The van der Waals surface area contributed by atoms with E-state index in [0.29, 0.717) is 5.56 Å². The third-order valence-corrected chi connectivity index (χ3v) is 6.50. The van der Waals surface area contributed by atoms with E-state index in [9.17, 15) is 5.26 Å². The van der Waals surface area contributed by atoms with Gasteiger partial charge in [0.05, 0.1) is 21.8 Å². The van der Waals surface area contributed by atoms with Crippen molar-refractivity contribution in [3.63, 3.8) is 0 Å². The van der Waals surface area contributed by atoms with Crippen LogP contribution in [0.4, 0.5) is 11.4 Å². The maximum Gasteiger partial charge on any atom is 0.126 e. The molecule has 6 nitrogen and oxygen atoms in total. The van der Waals surface area contributed by atoms with Crippen molar-refractivity contribution in [2.24, 2.45) is 0 Å². The number of rotatable bonds is 4. The summed E-state index contributed by atoms with van der Waals surface area (Å²) in [5.41, 5.74) is 6.12. The van der Waals surface area contributed by atoms with Gasteiger partial charge in [-0.25, -0.2) is 9.97 Å². The van der Waals surface area contributed by atoms with E-state index in [1.165, 1.54) is 11.3 Å². The average Bonchev–Trinajstić information content (AvgIpc) is 3.47. The number of thiophene rings is 1. The highest BCUT2D eigenvalue weighted by molar-refractivity contribution is 7.19. The maximum atomic E-state index is 9.74. The van der Waals surface area contributed by atoms with E-state index in [1.807, 2.05) is 56.7 Å². The monoisotopic (exact) mass is 462 g/mol. The fourth-order valence-electron chi connectivity index (χ4n) is 3.91. The zero-order valence-electron chi connectivity index (χ0n) is 19.1. The quantitative estimate of drug-likeness (QED) is 0.342. The second kappa shape index (κ2) is 8.99. The molecule has 2 N–H and O–H groups in total. The number of pyridine rings is 2. The Hall–Kier alpha value is -4.17. The summed E-state index contributed by atoms with van der Waals surface area (Å²) in [6.45, 7) is 2.84. The van der Waals surface area contributed by atoms with Gasteiger partial charge >= 0.3 is 0 Å². The van der Waals surface area contributed by atoms with E-state index >= 15 is 0 Å². The van der Waals surface area contributed by atoms with Gasteiger partial charge in [-0.3, -0.25) is 0 Å². The Bertz CT molecular complexity index is 1620. The van der Waals surface area contributed by atoms with Gasteiger partial charge in [-0.15, -0.1) is 11.3 Å². The SMILES string of the molecule is Cc1c(Nc2c(C#N)cnc3sc(C#Cc4cccc(CN(C)C)n4)cc23)ccc2[nH]ccc12. The van der Waals surface area contributed by atoms with E-state index in [-0.39, 0.29) is 0 Å². The first-order chi connectivity index (χ1) is 16.5. The summed E-state index contributed by atoms with van der Waals surface area (Å²) in [6.07, 6.45) is 3.55. The van der Waals surface area contributed by atoms with E-state index < -0.39 is 0 Å². The number of nitrogens with zero attached hydrogens (tertiary/aromatic N) is 4. The number of nitrogens with one attached hydrogen (secondary N) is 2. The van der Waals surface area contributed by atoms with E-state index in [1.54, 1.807) is 6.20 Å². The number of benzene rings is 1. The van der Waals surface area contributed by atoms with Crippen LogP contribution >= 0.6 is 11.3 Å². The molecular formula is C27H22N6S. The largest absolute Gasteiger partial charge is 0.361 e. The van der Waals surface area contributed by atoms with Crippen LogP contribution in [0.5, 0.6) is 0 Å². The van der Waals surface area contributed by atoms with Crippen molar-refractivity contribution in [2.45, 2.75) is 13.5 Å². The number of anilines is 2. The van der Waals surface area contributed by atoms with Gasteiger partial charge in [-0.2, -0.15) is 5.26 Å². The van der Waals surface area contributed by atoms with Crippen molar-refractivity contribution < 1.29 is 0 Å². The van der Waals surface area contributed by atoms with Gasteiger partial charge in [0, 0.05) is 40.9 Å². The summed E-state index contributed by atoms with van der Waals surface area (Å²) < 4.78 is 0. The molecule has 0 fully saturated rings. The predicted octanol–water partition coefficient (Wildman–Crippen LogP) is 5.56. The molecule has 0 radical (unpaired) electrons. The van der Waals surface area contributed by atoms with Crippen molar-refractivity contribution in [1.82, 2.24) is 19.9 Å². The molecule has 166 valence electrons. The van der Waals surface area contributed by atoms with Crippen molar-refractivity contribution in [2.75, 3.05) is 19.4 Å². The average molecular weight is 463 g/mol. The Morgan fingerprint density at radius 1 is 1.12 bits per heavy atom. The Morgan fingerprint density at radius 3 is 2.82 bits per heavy atom. The van der Waals surface area contributed by atoms with Gasteiger partial charge in [0.1, 0.15) is 16.6 Å². The van der Waals surface area contributed by atoms with Crippen molar-refractivity contribution in [3.05, 3.63) is 82.3 Å². The van der Waals surface area contributed by atoms with Crippen LogP contribution in [0.15, 0.2) is 54.9 Å². The summed E-state index contributed by atoms with van der Waals surface area (Å²) in [6, 6.07) is 16.3. The summed E-state index contributed by atoms with van der Waals surface area (Å²) in [4.78, 5) is 16.2. The third-order valence-electron chi connectivity index (χ3n) is 5.54. The molecule has 0 aliphatic rings. The van der Waals surface area contributed by atoms with Gasteiger partial charge < -0.3 is 15.2 Å². The molecule has 0 bridgehead atoms. The van der Waals surface area contributed by atoms with Crippen LogP contribution in [0.25, 0.3) is 21.1 Å². The Labute approximate surface area is 201 Å². The number of aromatic nitrogens is 3. The minimum atomic E-state index is 0.497. The molecule has 0 atom stereocenters. The molecule has 0 unspecified atom stereocenters. The van der Waals surface area contributed by atoms with E-state index in [4.69, 9.17) is 0 Å². The fourth-order valence-corrected chi connectivity index (χ4v) is 4.77. The van der Waals surface area contributed by atoms with Crippen molar-refractivity contribution >= 4 is 43.8 Å². The lowest BCUT2D eigenvalue weighted by Gasteiger charge is -2.12. The van der Waals surface area contributed by atoms with Crippen LogP contribution in [0.2, 0.25) is 0 Å². The topological polar surface area (TPSA) is 80.6 Å². The first-order valence-corrected chi connectivity index (χ1v) is 11.6. The van der Waals surface area contributed by atoms with Gasteiger partial charge in [0.15, 0.2) is 0 Å². The lowest BCUT2D eigenvalue weighted by Crippen LogP contribution is -2.12. The van der Waals surface area contributed by atoms with E-state index in [0.717, 1.165) is 60.9 Å². The molecule has 0 aliphatic heterocycles. The third kappa shape index (κ3) is 4.23. The zero-order valence-corrected chi connectivity index (χ0v) is 19.9. The highest BCUT2D eigenvalue weighted by Crippen LogP contribution is 2.35. The summed E-state index contributed by atoms with van der Waals surface area (Å²) in [5.74, 6) is 6.40. The summed E-state index contributed by atoms with van der Waals surface area (Å²) in [5, 5.41) is 15.3. The number of hydrogen-bond donors (Lipinski definition) is 2. The molecule has 1 aromatic carbocycles. The molecule has 4 aromatic heterocycles. The standard InChI is InChI=1S/C27H22N6S/c1-17-22-11-12-29-25(22)10-9-24(17)32-26-18(14-28)15-30-27-23(26)13-21(34-27)8-7-19-5-4-6-20(31-19)16-33(2)3/h4-6,9-13,15,29H,16H2,1-3H3,(H,30,32). The minimum Gasteiger partial charge on any atom is -0.361 e. The number of nitriles is 1. The normalized spacial score (nSPS) is 10.9. The molecule has 0 aliphatic carbocycles.